The maximum Gasteiger partial charge on any atom is 0.0703 e. The summed E-state index contributed by atoms with van der Waals surface area (Å²) in [6.45, 7) is 33.6. The van der Waals surface area contributed by atoms with Gasteiger partial charge in [-0.2, -0.15) is 0 Å². The molecule has 0 bridgehead atoms. The second kappa shape index (κ2) is 45.7. The maximum absolute atomic E-state index is 5.57. The third-order valence-electron chi connectivity index (χ3n) is 5.46. The fourth-order valence-electron chi connectivity index (χ4n) is 3.43. The lowest BCUT2D eigenvalue weighted by molar-refractivity contribution is 0.0186. The Bertz CT molecular complexity index is 462. The first-order valence-corrected chi connectivity index (χ1v) is 18.1. The topological polar surface area (TPSA) is 36.9 Å². The third-order valence-corrected chi connectivity index (χ3v) is 5.46. The van der Waals surface area contributed by atoms with Gasteiger partial charge in [0.2, 0.25) is 0 Å². The van der Waals surface area contributed by atoms with Gasteiger partial charge in [0.05, 0.1) is 25.4 Å². The summed E-state index contributed by atoms with van der Waals surface area (Å²) in [6.07, 6.45) is 23.7. The van der Waals surface area contributed by atoms with Gasteiger partial charge < -0.3 is 18.9 Å². The van der Waals surface area contributed by atoms with Crippen LogP contribution >= 0.6 is 0 Å². The average Bonchev–Trinajstić information content (AvgIpc) is 2.91. The van der Waals surface area contributed by atoms with Crippen LogP contribution in [0.2, 0.25) is 0 Å². The SMILES string of the molecule is C=CCCCCCCCCOCCCOC(C)C.C=CCCCCCCCCOCCOC(C)C.CC(C)C.CC(C)C. The zero-order valence-corrected chi connectivity index (χ0v) is 31.4. The molecule has 0 saturated carbocycles. The first-order chi connectivity index (χ1) is 20.5. The largest absolute Gasteiger partial charge is 0.381 e. The maximum atomic E-state index is 5.57. The molecule has 0 radical (unpaired) electrons. The van der Waals surface area contributed by atoms with Gasteiger partial charge in [-0.3, -0.25) is 0 Å². The molecule has 43 heavy (non-hydrogen) atoms. The van der Waals surface area contributed by atoms with Gasteiger partial charge in [0, 0.05) is 26.4 Å². The summed E-state index contributed by atoms with van der Waals surface area (Å²) in [5.74, 6) is 1.67. The lowest BCUT2D eigenvalue weighted by atomic mass is 10.1. The monoisotopic (exact) mass is 615 g/mol. The molecule has 0 atom stereocenters. The van der Waals surface area contributed by atoms with E-state index in [2.05, 4.69) is 68.5 Å². The van der Waals surface area contributed by atoms with Crippen LogP contribution in [-0.2, 0) is 18.9 Å². The van der Waals surface area contributed by atoms with E-state index < -0.39 is 0 Å². The number of rotatable bonds is 27. The Morgan fingerprint density at radius 3 is 1.05 bits per heavy atom. The van der Waals surface area contributed by atoms with Crippen LogP contribution in [0.5, 0.6) is 0 Å². The van der Waals surface area contributed by atoms with Crippen molar-refractivity contribution in [2.24, 2.45) is 11.8 Å². The Morgan fingerprint density at radius 2 is 0.674 bits per heavy atom. The van der Waals surface area contributed by atoms with Gasteiger partial charge in [0.1, 0.15) is 0 Å². The van der Waals surface area contributed by atoms with Gasteiger partial charge in [0.25, 0.3) is 0 Å². The molecule has 0 saturated heterocycles. The van der Waals surface area contributed by atoms with Gasteiger partial charge in [0.15, 0.2) is 0 Å². The van der Waals surface area contributed by atoms with E-state index in [0.29, 0.717) is 12.2 Å². The second-order valence-corrected chi connectivity index (χ2v) is 13.3. The summed E-state index contributed by atoms with van der Waals surface area (Å²) in [5, 5.41) is 0. The molecule has 0 unspecified atom stereocenters. The van der Waals surface area contributed by atoms with E-state index in [1.54, 1.807) is 0 Å². The Hall–Kier alpha value is -0.680. The Morgan fingerprint density at radius 1 is 0.372 bits per heavy atom. The van der Waals surface area contributed by atoms with Crippen molar-refractivity contribution < 1.29 is 18.9 Å². The molecule has 262 valence electrons. The van der Waals surface area contributed by atoms with E-state index in [1.165, 1.54) is 89.9 Å². The summed E-state index contributed by atoms with van der Waals surface area (Å²) in [5.41, 5.74) is 0. The summed E-state index contributed by atoms with van der Waals surface area (Å²) in [4.78, 5) is 0. The highest BCUT2D eigenvalue weighted by Crippen LogP contribution is 2.08. The number of hydrogen-bond donors (Lipinski definition) is 0. The normalized spacial score (nSPS) is 10.7. The van der Waals surface area contributed by atoms with E-state index in [-0.39, 0.29) is 0 Å². The van der Waals surface area contributed by atoms with E-state index in [0.717, 1.165) is 57.9 Å². The van der Waals surface area contributed by atoms with E-state index in [1.807, 2.05) is 26.0 Å². The Kier molecular flexibility index (Phi) is 52.3. The molecule has 0 aromatic heterocycles. The minimum atomic E-state index is 0.314. The zero-order valence-electron chi connectivity index (χ0n) is 31.4. The Labute approximate surface area is 273 Å². The fourth-order valence-corrected chi connectivity index (χ4v) is 3.43. The van der Waals surface area contributed by atoms with Crippen LogP contribution < -0.4 is 0 Å². The molecule has 0 rings (SSSR count). The number of ether oxygens (including phenoxy) is 4. The summed E-state index contributed by atoms with van der Waals surface area (Å²) < 4.78 is 21.9. The molecule has 0 aliphatic carbocycles. The molecular formula is C39H82O4. The minimum Gasteiger partial charge on any atom is -0.381 e. The first kappa shape index (κ1) is 49.2. The van der Waals surface area contributed by atoms with Crippen LogP contribution in [0.3, 0.4) is 0 Å². The van der Waals surface area contributed by atoms with Gasteiger partial charge >= 0.3 is 0 Å². The number of hydrogen-bond acceptors (Lipinski definition) is 4. The van der Waals surface area contributed by atoms with Crippen LogP contribution in [0.25, 0.3) is 0 Å². The molecule has 0 aliphatic heterocycles. The van der Waals surface area contributed by atoms with Crippen molar-refractivity contribution in [2.45, 2.75) is 178 Å². The molecule has 0 amide bonds. The predicted octanol–water partition coefficient (Wildman–Crippen LogP) is 12.4. The highest BCUT2D eigenvalue weighted by atomic mass is 16.5. The molecule has 0 N–H and O–H groups in total. The quantitative estimate of drug-likeness (QED) is 0.0681. The molecule has 0 aromatic carbocycles. The summed E-state index contributed by atoms with van der Waals surface area (Å²) in [7, 11) is 0. The van der Waals surface area contributed by atoms with Crippen molar-refractivity contribution >= 4 is 0 Å². The van der Waals surface area contributed by atoms with Crippen LogP contribution in [0.1, 0.15) is 166 Å². The predicted molar refractivity (Wildman–Crippen MR) is 194 cm³/mol. The van der Waals surface area contributed by atoms with Crippen molar-refractivity contribution in [3.8, 4) is 0 Å². The molecule has 4 heteroatoms. The third kappa shape index (κ3) is 79.7. The number of allylic oxidation sites excluding steroid dienone is 2. The zero-order chi connectivity index (χ0) is 33.4. The Balaban J connectivity index is -0.000000283. The lowest BCUT2D eigenvalue weighted by Crippen LogP contribution is -2.10. The van der Waals surface area contributed by atoms with Crippen LogP contribution in [0.4, 0.5) is 0 Å². The summed E-state index contributed by atoms with van der Waals surface area (Å²) in [6, 6.07) is 0. The molecule has 0 aromatic rings. The molecule has 4 nitrogen and oxygen atoms in total. The molecule has 0 fully saturated rings. The molecule has 0 aliphatic rings. The fraction of sp³-hybridized carbons (Fsp3) is 0.897. The first-order valence-electron chi connectivity index (χ1n) is 18.1. The smallest absolute Gasteiger partial charge is 0.0703 e. The molecular weight excluding hydrogens is 532 g/mol. The highest BCUT2D eigenvalue weighted by Gasteiger charge is 1.96. The van der Waals surface area contributed by atoms with Gasteiger partial charge in [-0.1, -0.05) is 105 Å². The van der Waals surface area contributed by atoms with Gasteiger partial charge in [-0.15, -0.1) is 13.2 Å². The highest BCUT2D eigenvalue weighted by molar-refractivity contribution is 4.65. The van der Waals surface area contributed by atoms with Crippen molar-refractivity contribution in [1.82, 2.24) is 0 Å². The van der Waals surface area contributed by atoms with Crippen LogP contribution in [0, 0.1) is 11.8 Å². The molecule has 0 heterocycles. The lowest BCUT2D eigenvalue weighted by Gasteiger charge is -2.07. The van der Waals surface area contributed by atoms with E-state index >= 15 is 0 Å². The van der Waals surface area contributed by atoms with Crippen molar-refractivity contribution in [3.05, 3.63) is 25.3 Å². The van der Waals surface area contributed by atoms with Crippen molar-refractivity contribution in [2.75, 3.05) is 39.6 Å². The van der Waals surface area contributed by atoms with Gasteiger partial charge in [-0.25, -0.2) is 0 Å². The minimum absolute atomic E-state index is 0.314. The van der Waals surface area contributed by atoms with Gasteiger partial charge in [-0.05, 0) is 84.5 Å². The molecule has 0 spiro atoms. The van der Waals surface area contributed by atoms with Crippen molar-refractivity contribution in [3.63, 3.8) is 0 Å². The average molecular weight is 615 g/mol. The van der Waals surface area contributed by atoms with Crippen LogP contribution in [-0.4, -0.2) is 51.8 Å². The number of unbranched alkanes of at least 4 members (excludes halogenated alkanes) is 12. The summed E-state index contributed by atoms with van der Waals surface area (Å²) >= 11 is 0. The van der Waals surface area contributed by atoms with Crippen molar-refractivity contribution in [1.29, 1.82) is 0 Å². The van der Waals surface area contributed by atoms with E-state index in [9.17, 15) is 0 Å². The standard InChI is InChI=1S/C16H32O2.C15H30O2.2C4H10/c1-4-5-6-7-8-9-10-11-13-17-14-12-15-18-16(2)3;1-4-5-6-7-8-9-10-11-12-16-13-14-17-15(2)3;2*1-4(2)3/h4,16H,1,5-15H2,2-3H3;4,15H,1,5-14H2,2-3H3;2*4H,1-3H3. The van der Waals surface area contributed by atoms with Crippen LogP contribution in [0.15, 0.2) is 25.3 Å². The second-order valence-electron chi connectivity index (χ2n) is 13.3. The van der Waals surface area contributed by atoms with E-state index in [4.69, 9.17) is 18.9 Å².